The van der Waals surface area contributed by atoms with Gasteiger partial charge in [0.25, 0.3) is 0 Å². The molecule has 5 heteroatoms. The van der Waals surface area contributed by atoms with Crippen molar-refractivity contribution in [3.63, 3.8) is 0 Å². The SMILES string of the molecule is O=C(O)CCCn1nccn1. The van der Waals surface area contributed by atoms with Crippen molar-refractivity contribution in [1.82, 2.24) is 15.0 Å². The van der Waals surface area contributed by atoms with E-state index in [0.29, 0.717) is 13.0 Å². The molecule has 1 aromatic rings. The van der Waals surface area contributed by atoms with E-state index in [1.165, 1.54) is 4.80 Å². The number of hydrogen-bond acceptors (Lipinski definition) is 3. The zero-order chi connectivity index (χ0) is 8.10. The lowest BCUT2D eigenvalue weighted by atomic mass is 10.3. The van der Waals surface area contributed by atoms with Crippen LogP contribution < -0.4 is 0 Å². The molecule has 1 N–H and O–H groups in total. The molecule has 0 saturated heterocycles. The van der Waals surface area contributed by atoms with Crippen molar-refractivity contribution in [2.24, 2.45) is 0 Å². The highest BCUT2D eigenvalue weighted by atomic mass is 16.4. The van der Waals surface area contributed by atoms with Crippen LogP contribution in [0.3, 0.4) is 0 Å². The van der Waals surface area contributed by atoms with E-state index in [4.69, 9.17) is 5.11 Å². The zero-order valence-electron chi connectivity index (χ0n) is 5.97. The second-order valence-electron chi connectivity index (χ2n) is 2.12. The van der Waals surface area contributed by atoms with Crippen LogP contribution in [0.4, 0.5) is 0 Å². The van der Waals surface area contributed by atoms with Crippen molar-refractivity contribution in [2.45, 2.75) is 19.4 Å². The number of aryl methyl sites for hydroxylation is 1. The maximum atomic E-state index is 10.1. The van der Waals surface area contributed by atoms with Gasteiger partial charge in [0.15, 0.2) is 0 Å². The number of aliphatic carboxylic acids is 1. The first kappa shape index (κ1) is 7.71. The second-order valence-corrected chi connectivity index (χ2v) is 2.12. The molecule has 0 aliphatic rings. The fourth-order valence-electron chi connectivity index (χ4n) is 0.731. The summed E-state index contributed by atoms with van der Waals surface area (Å²) >= 11 is 0. The minimum Gasteiger partial charge on any atom is -0.481 e. The van der Waals surface area contributed by atoms with Gasteiger partial charge in [-0.15, -0.1) is 0 Å². The van der Waals surface area contributed by atoms with Gasteiger partial charge in [0.05, 0.1) is 18.9 Å². The summed E-state index contributed by atoms with van der Waals surface area (Å²) in [6, 6.07) is 0. The van der Waals surface area contributed by atoms with Gasteiger partial charge in [-0.3, -0.25) is 4.79 Å². The third-order valence-electron chi connectivity index (χ3n) is 1.22. The summed E-state index contributed by atoms with van der Waals surface area (Å²) in [7, 11) is 0. The molecule has 5 nitrogen and oxygen atoms in total. The predicted molar refractivity (Wildman–Crippen MR) is 36.9 cm³/mol. The average molecular weight is 155 g/mol. The second kappa shape index (κ2) is 3.70. The fourth-order valence-corrected chi connectivity index (χ4v) is 0.731. The number of rotatable bonds is 4. The minimum absolute atomic E-state index is 0.168. The molecule has 0 aliphatic heterocycles. The van der Waals surface area contributed by atoms with Crippen LogP contribution in [0.5, 0.6) is 0 Å². The first-order valence-electron chi connectivity index (χ1n) is 3.35. The number of carboxylic acids is 1. The molecule has 0 atom stereocenters. The van der Waals surface area contributed by atoms with Gasteiger partial charge in [0, 0.05) is 6.42 Å². The monoisotopic (exact) mass is 155 g/mol. The average Bonchev–Trinajstić information content (AvgIpc) is 2.39. The third kappa shape index (κ3) is 2.79. The van der Waals surface area contributed by atoms with E-state index in [9.17, 15) is 4.79 Å². The fraction of sp³-hybridized carbons (Fsp3) is 0.500. The summed E-state index contributed by atoms with van der Waals surface area (Å²) in [6.07, 6.45) is 3.88. The van der Waals surface area contributed by atoms with Crippen molar-refractivity contribution < 1.29 is 9.90 Å². The number of carboxylic acid groups (broad SMARTS) is 1. The summed E-state index contributed by atoms with van der Waals surface area (Å²) in [5.41, 5.74) is 0. The molecule has 60 valence electrons. The van der Waals surface area contributed by atoms with Crippen molar-refractivity contribution in [1.29, 1.82) is 0 Å². The van der Waals surface area contributed by atoms with Gasteiger partial charge in [0.1, 0.15) is 0 Å². The number of nitrogens with zero attached hydrogens (tertiary/aromatic N) is 3. The van der Waals surface area contributed by atoms with E-state index in [-0.39, 0.29) is 6.42 Å². The van der Waals surface area contributed by atoms with E-state index in [1.807, 2.05) is 0 Å². The van der Waals surface area contributed by atoms with Crippen LogP contribution in [-0.2, 0) is 11.3 Å². The summed E-state index contributed by atoms with van der Waals surface area (Å²) in [5, 5.41) is 15.9. The van der Waals surface area contributed by atoms with E-state index in [1.54, 1.807) is 12.4 Å². The van der Waals surface area contributed by atoms with Crippen LogP contribution >= 0.6 is 0 Å². The van der Waals surface area contributed by atoms with Crippen molar-refractivity contribution in [2.75, 3.05) is 0 Å². The lowest BCUT2D eigenvalue weighted by Gasteiger charge is -1.95. The molecule has 0 fully saturated rings. The van der Waals surface area contributed by atoms with Gasteiger partial charge in [-0.05, 0) is 6.42 Å². The quantitative estimate of drug-likeness (QED) is 0.671. The molecule has 0 spiro atoms. The molecular weight excluding hydrogens is 146 g/mol. The van der Waals surface area contributed by atoms with Crippen LogP contribution in [0.15, 0.2) is 12.4 Å². The van der Waals surface area contributed by atoms with Gasteiger partial charge in [-0.25, -0.2) is 0 Å². The Balaban J connectivity index is 2.19. The number of carbonyl (C=O) groups is 1. The standard InChI is InChI=1S/C6H9N3O2/c10-6(11)2-1-5-9-7-3-4-8-9/h3-4H,1-2,5H2,(H,10,11). The molecule has 0 unspecified atom stereocenters. The van der Waals surface area contributed by atoms with E-state index >= 15 is 0 Å². The Hall–Kier alpha value is -1.39. The summed E-state index contributed by atoms with van der Waals surface area (Å²) in [4.78, 5) is 11.6. The Labute approximate surface area is 63.6 Å². The van der Waals surface area contributed by atoms with Gasteiger partial charge in [-0.2, -0.15) is 15.0 Å². The predicted octanol–water partition coefficient (Wildman–Crippen LogP) is 0.143. The third-order valence-corrected chi connectivity index (χ3v) is 1.22. The van der Waals surface area contributed by atoms with Crippen LogP contribution in [0.1, 0.15) is 12.8 Å². The highest BCUT2D eigenvalue weighted by Gasteiger charge is 1.97. The van der Waals surface area contributed by atoms with Crippen molar-refractivity contribution in [3.05, 3.63) is 12.4 Å². The number of hydrogen-bond donors (Lipinski definition) is 1. The molecule has 1 heterocycles. The maximum absolute atomic E-state index is 10.1. The maximum Gasteiger partial charge on any atom is 0.303 e. The summed E-state index contributed by atoms with van der Waals surface area (Å²) in [6.45, 7) is 0.569. The lowest BCUT2D eigenvalue weighted by Crippen LogP contribution is -2.04. The van der Waals surface area contributed by atoms with Crippen LogP contribution in [0.2, 0.25) is 0 Å². The summed E-state index contributed by atoms with van der Waals surface area (Å²) < 4.78 is 0. The van der Waals surface area contributed by atoms with E-state index < -0.39 is 5.97 Å². The zero-order valence-corrected chi connectivity index (χ0v) is 5.97. The van der Waals surface area contributed by atoms with Crippen molar-refractivity contribution >= 4 is 5.97 Å². The Bertz CT molecular complexity index is 220. The molecule has 0 amide bonds. The molecule has 0 radical (unpaired) electrons. The topological polar surface area (TPSA) is 68.0 Å². The van der Waals surface area contributed by atoms with E-state index in [2.05, 4.69) is 10.2 Å². The number of aromatic nitrogens is 3. The van der Waals surface area contributed by atoms with Crippen LogP contribution in [-0.4, -0.2) is 26.1 Å². The van der Waals surface area contributed by atoms with E-state index in [0.717, 1.165) is 0 Å². The van der Waals surface area contributed by atoms with Gasteiger partial charge < -0.3 is 5.11 Å². The van der Waals surface area contributed by atoms with Gasteiger partial charge in [-0.1, -0.05) is 0 Å². The molecule has 1 rings (SSSR count). The first-order valence-corrected chi connectivity index (χ1v) is 3.35. The molecule has 0 saturated carbocycles. The lowest BCUT2D eigenvalue weighted by molar-refractivity contribution is -0.137. The molecule has 0 aliphatic carbocycles. The molecule has 0 bridgehead atoms. The normalized spacial score (nSPS) is 9.82. The Morgan fingerprint density at radius 2 is 2.09 bits per heavy atom. The van der Waals surface area contributed by atoms with Crippen LogP contribution in [0.25, 0.3) is 0 Å². The smallest absolute Gasteiger partial charge is 0.303 e. The Kier molecular flexibility index (Phi) is 2.59. The highest BCUT2D eigenvalue weighted by Crippen LogP contribution is 1.91. The van der Waals surface area contributed by atoms with Crippen molar-refractivity contribution in [3.8, 4) is 0 Å². The summed E-state index contributed by atoms with van der Waals surface area (Å²) in [5.74, 6) is -0.780. The van der Waals surface area contributed by atoms with Gasteiger partial charge >= 0.3 is 5.97 Å². The van der Waals surface area contributed by atoms with Gasteiger partial charge in [0.2, 0.25) is 0 Å². The molecular formula is C6H9N3O2. The minimum atomic E-state index is -0.780. The Morgan fingerprint density at radius 1 is 1.45 bits per heavy atom. The highest BCUT2D eigenvalue weighted by molar-refractivity contribution is 5.66. The first-order chi connectivity index (χ1) is 5.29. The molecule has 0 aromatic carbocycles. The van der Waals surface area contributed by atoms with Crippen LogP contribution in [0, 0.1) is 0 Å². The molecule has 1 aromatic heterocycles. The largest absolute Gasteiger partial charge is 0.481 e. The Morgan fingerprint density at radius 3 is 2.64 bits per heavy atom. The molecule has 11 heavy (non-hydrogen) atoms.